The molecule has 172 valence electrons. The number of likely N-dealkylation sites (tertiary alicyclic amines) is 1. The number of nitrogens with zero attached hydrogens (tertiary/aromatic N) is 2. The normalized spacial score (nSPS) is 34.3. The SMILES string of the molecule is CN[C@@H](C)C(=O)N[C@H]1C(=O)N2CC3(CCCCC13)[C@H]1CN(CCc3ccccc3)C(=O)[C@H]12. The van der Waals surface area contributed by atoms with Gasteiger partial charge in [0, 0.05) is 31.0 Å². The molecule has 5 rings (SSSR count). The summed E-state index contributed by atoms with van der Waals surface area (Å²) in [6.45, 7) is 3.90. The van der Waals surface area contributed by atoms with Gasteiger partial charge in [-0.05, 0) is 44.7 Å². The summed E-state index contributed by atoms with van der Waals surface area (Å²) in [7, 11) is 1.75. The maximum atomic E-state index is 13.6. The number of rotatable bonds is 6. The molecule has 1 aromatic rings. The molecule has 1 saturated carbocycles. The number of benzene rings is 1. The lowest BCUT2D eigenvalue weighted by Gasteiger charge is -2.50. The van der Waals surface area contributed by atoms with Crippen LogP contribution in [0.3, 0.4) is 0 Å². The maximum Gasteiger partial charge on any atom is 0.246 e. The van der Waals surface area contributed by atoms with E-state index in [1.54, 1.807) is 14.0 Å². The Morgan fingerprint density at radius 2 is 1.94 bits per heavy atom. The van der Waals surface area contributed by atoms with Gasteiger partial charge in [-0.15, -0.1) is 0 Å². The van der Waals surface area contributed by atoms with E-state index in [9.17, 15) is 14.4 Å². The predicted octanol–water partition coefficient (Wildman–Crippen LogP) is 1.18. The fraction of sp³-hybridized carbons (Fsp3) is 0.640. The Hall–Kier alpha value is -2.41. The first-order valence-electron chi connectivity index (χ1n) is 12.1. The highest BCUT2D eigenvalue weighted by Gasteiger charge is 2.68. The van der Waals surface area contributed by atoms with Crippen molar-refractivity contribution in [2.45, 2.75) is 57.2 Å². The van der Waals surface area contributed by atoms with Gasteiger partial charge < -0.3 is 20.4 Å². The first-order chi connectivity index (χ1) is 15.5. The molecule has 2 N–H and O–H groups in total. The Bertz CT molecular complexity index is 906. The van der Waals surface area contributed by atoms with E-state index in [1.165, 1.54) is 5.56 Å². The Morgan fingerprint density at radius 3 is 2.69 bits per heavy atom. The van der Waals surface area contributed by atoms with Crippen LogP contribution in [0.5, 0.6) is 0 Å². The van der Waals surface area contributed by atoms with E-state index in [-0.39, 0.29) is 47.1 Å². The molecule has 3 saturated heterocycles. The lowest BCUT2D eigenvalue weighted by molar-refractivity contribution is -0.150. The minimum absolute atomic E-state index is 0.0602. The molecule has 6 atom stereocenters. The lowest BCUT2D eigenvalue weighted by atomic mass is 9.57. The molecule has 3 amide bonds. The maximum absolute atomic E-state index is 13.6. The molecule has 3 heterocycles. The molecular weight excluding hydrogens is 404 g/mol. The van der Waals surface area contributed by atoms with Gasteiger partial charge in [0.1, 0.15) is 12.1 Å². The van der Waals surface area contributed by atoms with Gasteiger partial charge in [0.05, 0.1) is 6.04 Å². The third-order valence-electron chi connectivity index (χ3n) is 8.64. The molecule has 3 aliphatic heterocycles. The molecule has 0 radical (unpaired) electrons. The van der Waals surface area contributed by atoms with Crippen molar-refractivity contribution in [1.29, 1.82) is 0 Å². The third kappa shape index (κ3) is 3.24. The Morgan fingerprint density at radius 1 is 1.16 bits per heavy atom. The number of nitrogens with one attached hydrogen (secondary N) is 2. The second-order valence-electron chi connectivity index (χ2n) is 10.1. The van der Waals surface area contributed by atoms with E-state index in [0.29, 0.717) is 13.1 Å². The highest BCUT2D eigenvalue weighted by Crippen LogP contribution is 2.59. The van der Waals surface area contributed by atoms with E-state index in [2.05, 4.69) is 22.8 Å². The molecule has 1 aromatic carbocycles. The Kier molecular flexibility index (Phi) is 5.48. The number of fused-ring (bicyclic) bond motifs is 3. The molecule has 7 heteroatoms. The average molecular weight is 439 g/mol. The van der Waals surface area contributed by atoms with Crippen LogP contribution >= 0.6 is 0 Å². The van der Waals surface area contributed by atoms with Gasteiger partial charge in [0.2, 0.25) is 17.7 Å². The molecule has 4 fully saturated rings. The van der Waals surface area contributed by atoms with Crippen molar-refractivity contribution in [2.24, 2.45) is 17.3 Å². The van der Waals surface area contributed by atoms with Crippen LogP contribution in [0.1, 0.15) is 38.2 Å². The number of likely N-dealkylation sites (N-methyl/N-ethyl adjacent to an activating group) is 1. The second-order valence-corrected chi connectivity index (χ2v) is 10.1. The van der Waals surface area contributed by atoms with Crippen LogP contribution in [0, 0.1) is 17.3 Å². The first kappa shape index (κ1) is 21.4. The molecule has 2 bridgehead atoms. The summed E-state index contributed by atoms with van der Waals surface area (Å²) in [6.07, 6.45) is 5.03. The van der Waals surface area contributed by atoms with Crippen LogP contribution in [0.25, 0.3) is 0 Å². The summed E-state index contributed by atoms with van der Waals surface area (Å²) in [5, 5.41) is 6.02. The van der Waals surface area contributed by atoms with Crippen LogP contribution in [0.15, 0.2) is 30.3 Å². The number of hydrogen-bond acceptors (Lipinski definition) is 4. The zero-order valence-electron chi connectivity index (χ0n) is 19.0. The third-order valence-corrected chi connectivity index (χ3v) is 8.64. The highest BCUT2D eigenvalue weighted by molar-refractivity contribution is 5.96. The predicted molar refractivity (Wildman–Crippen MR) is 121 cm³/mol. The second kappa shape index (κ2) is 8.18. The smallest absolute Gasteiger partial charge is 0.246 e. The zero-order chi connectivity index (χ0) is 22.5. The number of carbonyl (C=O) groups excluding carboxylic acids is 3. The fourth-order valence-electron chi connectivity index (χ4n) is 6.86. The van der Waals surface area contributed by atoms with Gasteiger partial charge in [0.15, 0.2) is 0 Å². The van der Waals surface area contributed by atoms with Crippen molar-refractivity contribution < 1.29 is 14.4 Å². The van der Waals surface area contributed by atoms with Crippen molar-refractivity contribution in [3.05, 3.63) is 35.9 Å². The van der Waals surface area contributed by atoms with E-state index < -0.39 is 6.04 Å². The quantitative estimate of drug-likeness (QED) is 0.699. The fourth-order valence-corrected chi connectivity index (χ4v) is 6.86. The first-order valence-corrected chi connectivity index (χ1v) is 12.1. The summed E-state index contributed by atoms with van der Waals surface area (Å²) >= 11 is 0. The van der Waals surface area contributed by atoms with E-state index >= 15 is 0 Å². The summed E-state index contributed by atoms with van der Waals surface area (Å²) in [6, 6.07) is 9.03. The minimum atomic E-state index is -0.511. The average Bonchev–Trinajstić information content (AvgIpc) is 3.29. The van der Waals surface area contributed by atoms with Crippen LogP contribution in [0.2, 0.25) is 0 Å². The van der Waals surface area contributed by atoms with Crippen molar-refractivity contribution in [3.8, 4) is 0 Å². The van der Waals surface area contributed by atoms with Crippen molar-refractivity contribution >= 4 is 17.7 Å². The van der Waals surface area contributed by atoms with Crippen molar-refractivity contribution in [3.63, 3.8) is 0 Å². The van der Waals surface area contributed by atoms with Gasteiger partial charge in [-0.2, -0.15) is 0 Å². The summed E-state index contributed by atoms with van der Waals surface area (Å²) in [5.74, 6) is 0.176. The van der Waals surface area contributed by atoms with Crippen molar-refractivity contribution in [1.82, 2.24) is 20.4 Å². The Labute approximate surface area is 189 Å². The van der Waals surface area contributed by atoms with E-state index in [0.717, 1.165) is 38.6 Å². The van der Waals surface area contributed by atoms with Crippen LogP contribution in [0.4, 0.5) is 0 Å². The van der Waals surface area contributed by atoms with Crippen LogP contribution < -0.4 is 10.6 Å². The molecule has 1 spiro atoms. The molecule has 4 aliphatic rings. The van der Waals surface area contributed by atoms with Crippen LogP contribution in [-0.4, -0.2) is 72.3 Å². The largest absolute Gasteiger partial charge is 0.343 e. The Balaban J connectivity index is 1.39. The van der Waals surface area contributed by atoms with Gasteiger partial charge in [0.25, 0.3) is 0 Å². The monoisotopic (exact) mass is 438 g/mol. The summed E-state index contributed by atoms with van der Waals surface area (Å²) in [5.41, 5.74) is 1.17. The van der Waals surface area contributed by atoms with Gasteiger partial charge in [-0.25, -0.2) is 0 Å². The highest BCUT2D eigenvalue weighted by atomic mass is 16.2. The zero-order valence-corrected chi connectivity index (χ0v) is 19.0. The molecule has 1 aliphatic carbocycles. The molecule has 32 heavy (non-hydrogen) atoms. The topological polar surface area (TPSA) is 81.8 Å². The van der Waals surface area contributed by atoms with Gasteiger partial charge in [-0.3, -0.25) is 14.4 Å². The van der Waals surface area contributed by atoms with Crippen LogP contribution in [-0.2, 0) is 20.8 Å². The number of hydrogen-bond donors (Lipinski definition) is 2. The number of piperidine rings is 1. The summed E-state index contributed by atoms with van der Waals surface area (Å²) < 4.78 is 0. The van der Waals surface area contributed by atoms with E-state index in [1.807, 2.05) is 28.0 Å². The summed E-state index contributed by atoms with van der Waals surface area (Å²) in [4.78, 5) is 43.5. The van der Waals surface area contributed by atoms with E-state index in [4.69, 9.17) is 0 Å². The van der Waals surface area contributed by atoms with Gasteiger partial charge in [-0.1, -0.05) is 43.2 Å². The van der Waals surface area contributed by atoms with Gasteiger partial charge >= 0.3 is 0 Å². The van der Waals surface area contributed by atoms with Crippen molar-refractivity contribution in [2.75, 3.05) is 26.7 Å². The minimum Gasteiger partial charge on any atom is -0.343 e. The molecular formula is C25H34N4O3. The standard InChI is InChI=1S/C25H34N4O3/c1-16(26-2)22(30)27-20-18-10-6-7-12-25(18)15-29(23(20)31)21-19(25)14-28(24(21)32)13-11-17-8-4-3-5-9-17/h3-5,8-9,16,18-21,26H,6-7,10-15H2,1-2H3,(H,27,30)/t16-,18?,19-,20+,21-,25?/m0/s1. The lowest BCUT2D eigenvalue weighted by Crippen LogP contribution is -2.64. The molecule has 2 unspecified atom stereocenters. The number of carbonyl (C=O) groups is 3. The molecule has 0 aromatic heterocycles. The molecule has 7 nitrogen and oxygen atoms in total. The number of amides is 3.